The molecular formula is C19H22N2O4. The third-order valence-electron chi connectivity index (χ3n) is 4.08. The number of nitrogens with one attached hydrogen (secondary N) is 1. The Balaban J connectivity index is 1.58. The van der Waals surface area contributed by atoms with Gasteiger partial charge in [0, 0.05) is 12.8 Å². The summed E-state index contributed by atoms with van der Waals surface area (Å²) in [6, 6.07) is 9.35. The molecule has 6 nitrogen and oxygen atoms in total. The van der Waals surface area contributed by atoms with Crippen LogP contribution < -0.4 is 15.0 Å². The van der Waals surface area contributed by atoms with Crippen molar-refractivity contribution in [2.75, 3.05) is 11.4 Å². The minimum atomic E-state index is -0.171. The minimum absolute atomic E-state index is 0.0739. The summed E-state index contributed by atoms with van der Waals surface area (Å²) in [6.45, 7) is 4.72. The molecule has 25 heavy (non-hydrogen) atoms. The van der Waals surface area contributed by atoms with E-state index in [0.29, 0.717) is 24.6 Å². The normalized spacial score (nSPS) is 16.1. The molecule has 2 aromatic rings. The molecule has 3 rings (SSSR count). The van der Waals surface area contributed by atoms with Crippen LogP contribution in [0.2, 0.25) is 0 Å². The quantitative estimate of drug-likeness (QED) is 0.907. The van der Waals surface area contributed by atoms with Crippen molar-refractivity contribution in [3.63, 3.8) is 0 Å². The van der Waals surface area contributed by atoms with E-state index in [-0.39, 0.29) is 30.8 Å². The first kappa shape index (κ1) is 17.1. The van der Waals surface area contributed by atoms with Crippen molar-refractivity contribution in [2.24, 2.45) is 0 Å². The molecule has 0 bridgehead atoms. The minimum Gasteiger partial charge on any atom is -0.487 e. The Morgan fingerprint density at radius 1 is 1.28 bits per heavy atom. The fraction of sp³-hybridized carbons (Fsp3) is 0.368. The predicted molar refractivity (Wildman–Crippen MR) is 93.4 cm³/mol. The van der Waals surface area contributed by atoms with E-state index in [2.05, 4.69) is 5.32 Å². The second-order valence-corrected chi connectivity index (χ2v) is 6.26. The van der Waals surface area contributed by atoms with Gasteiger partial charge >= 0.3 is 0 Å². The standard InChI is InChI=1S/C19H22N2O4/c1-13-5-6-17-16(10-13)21(12-14(2)25-17)19(23)8-7-18(22)20-11-15-4-3-9-24-15/h3-6,9-10,14H,7-8,11-12H2,1-2H3,(H,20,22)/t14-/m1/s1. The number of benzene rings is 1. The Morgan fingerprint density at radius 2 is 2.12 bits per heavy atom. The number of hydrogen-bond donors (Lipinski definition) is 1. The zero-order valence-electron chi connectivity index (χ0n) is 14.5. The van der Waals surface area contributed by atoms with Gasteiger partial charge in [0.1, 0.15) is 17.6 Å². The highest BCUT2D eigenvalue weighted by Crippen LogP contribution is 2.34. The number of furan rings is 1. The second kappa shape index (κ2) is 7.42. The Kier molecular flexibility index (Phi) is 5.07. The van der Waals surface area contributed by atoms with E-state index in [0.717, 1.165) is 11.3 Å². The zero-order chi connectivity index (χ0) is 17.8. The Hall–Kier alpha value is -2.76. The van der Waals surface area contributed by atoms with Gasteiger partial charge in [0.05, 0.1) is 25.0 Å². The van der Waals surface area contributed by atoms with E-state index in [1.807, 2.05) is 32.0 Å². The number of fused-ring (bicyclic) bond motifs is 1. The van der Waals surface area contributed by atoms with Gasteiger partial charge in [-0.2, -0.15) is 0 Å². The fourth-order valence-electron chi connectivity index (χ4n) is 2.83. The van der Waals surface area contributed by atoms with Gasteiger partial charge in [-0.05, 0) is 43.7 Å². The Labute approximate surface area is 146 Å². The van der Waals surface area contributed by atoms with Crippen LogP contribution in [0.15, 0.2) is 41.0 Å². The molecule has 132 valence electrons. The van der Waals surface area contributed by atoms with E-state index in [9.17, 15) is 9.59 Å². The lowest BCUT2D eigenvalue weighted by molar-refractivity contribution is -0.125. The summed E-state index contributed by atoms with van der Waals surface area (Å²) in [7, 11) is 0. The number of nitrogens with zero attached hydrogens (tertiary/aromatic N) is 1. The van der Waals surface area contributed by atoms with E-state index < -0.39 is 0 Å². The maximum absolute atomic E-state index is 12.6. The number of carbonyl (C=O) groups excluding carboxylic acids is 2. The van der Waals surface area contributed by atoms with E-state index >= 15 is 0 Å². The third kappa shape index (κ3) is 4.21. The first-order chi connectivity index (χ1) is 12.0. The molecule has 0 aliphatic carbocycles. The molecule has 0 unspecified atom stereocenters. The first-order valence-corrected chi connectivity index (χ1v) is 8.39. The summed E-state index contributed by atoms with van der Waals surface area (Å²) in [5.41, 5.74) is 1.84. The van der Waals surface area contributed by atoms with Crippen molar-refractivity contribution in [1.82, 2.24) is 5.32 Å². The van der Waals surface area contributed by atoms with Crippen LogP contribution in [-0.4, -0.2) is 24.5 Å². The molecule has 2 amide bonds. The number of anilines is 1. The fourth-order valence-corrected chi connectivity index (χ4v) is 2.83. The summed E-state index contributed by atoms with van der Waals surface area (Å²) < 4.78 is 11.0. The molecule has 0 spiro atoms. The maximum Gasteiger partial charge on any atom is 0.227 e. The van der Waals surface area contributed by atoms with Gasteiger partial charge in [-0.3, -0.25) is 9.59 Å². The van der Waals surface area contributed by atoms with Crippen LogP contribution in [0.5, 0.6) is 5.75 Å². The second-order valence-electron chi connectivity index (χ2n) is 6.26. The van der Waals surface area contributed by atoms with E-state index in [1.165, 1.54) is 0 Å². The predicted octanol–water partition coefficient (Wildman–Crippen LogP) is 2.80. The molecule has 1 aliphatic rings. The van der Waals surface area contributed by atoms with Gasteiger partial charge in [0.2, 0.25) is 11.8 Å². The van der Waals surface area contributed by atoms with Gasteiger partial charge in [0.15, 0.2) is 0 Å². The first-order valence-electron chi connectivity index (χ1n) is 8.39. The van der Waals surface area contributed by atoms with Crippen molar-refractivity contribution in [3.8, 4) is 5.75 Å². The van der Waals surface area contributed by atoms with Gasteiger partial charge in [-0.25, -0.2) is 0 Å². The van der Waals surface area contributed by atoms with Gasteiger partial charge in [-0.1, -0.05) is 6.07 Å². The summed E-state index contributed by atoms with van der Waals surface area (Å²) in [4.78, 5) is 26.3. The topological polar surface area (TPSA) is 71.8 Å². The molecule has 0 radical (unpaired) electrons. The lowest BCUT2D eigenvalue weighted by atomic mass is 10.1. The maximum atomic E-state index is 12.6. The highest BCUT2D eigenvalue weighted by atomic mass is 16.5. The number of amides is 2. The summed E-state index contributed by atoms with van der Waals surface area (Å²) in [5.74, 6) is 1.15. The molecular weight excluding hydrogens is 320 g/mol. The van der Waals surface area contributed by atoms with Crippen molar-refractivity contribution in [2.45, 2.75) is 39.3 Å². The average Bonchev–Trinajstić information content (AvgIpc) is 3.11. The summed E-state index contributed by atoms with van der Waals surface area (Å²) in [5, 5.41) is 2.75. The molecule has 2 heterocycles. The Morgan fingerprint density at radius 3 is 2.88 bits per heavy atom. The number of ether oxygens (including phenoxy) is 1. The smallest absolute Gasteiger partial charge is 0.227 e. The number of hydrogen-bond acceptors (Lipinski definition) is 4. The monoisotopic (exact) mass is 342 g/mol. The molecule has 0 fully saturated rings. The Bertz CT molecular complexity index is 755. The van der Waals surface area contributed by atoms with Gasteiger partial charge < -0.3 is 19.4 Å². The number of aryl methyl sites for hydroxylation is 1. The summed E-state index contributed by atoms with van der Waals surface area (Å²) in [6.07, 6.45) is 1.78. The van der Waals surface area contributed by atoms with Crippen molar-refractivity contribution in [3.05, 3.63) is 47.9 Å². The molecule has 1 aromatic heterocycles. The zero-order valence-corrected chi connectivity index (χ0v) is 14.5. The molecule has 0 saturated heterocycles. The van der Waals surface area contributed by atoms with E-state index in [4.69, 9.17) is 9.15 Å². The molecule has 1 N–H and O–H groups in total. The summed E-state index contributed by atoms with van der Waals surface area (Å²) >= 11 is 0. The van der Waals surface area contributed by atoms with Gasteiger partial charge in [0.25, 0.3) is 0 Å². The van der Waals surface area contributed by atoms with Crippen LogP contribution in [-0.2, 0) is 16.1 Å². The van der Waals surface area contributed by atoms with Crippen LogP contribution >= 0.6 is 0 Å². The van der Waals surface area contributed by atoms with Gasteiger partial charge in [-0.15, -0.1) is 0 Å². The molecule has 1 aliphatic heterocycles. The van der Waals surface area contributed by atoms with E-state index in [1.54, 1.807) is 23.3 Å². The highest BCUT2D eigenvalue weighted by Gasteiger charge is 2.27. The molecule has 0 saturated carbocycles. The number of rotatable bonds is 5. The average molecular weight is 342 g/mol. The third-order valence-corrected chi connectivity index (χ3v) is 4.08. The largest absolute Gasteiger partial charge is 0.487 e. The SMILES string of the molecule is Cc1ccc2c(c1)N(C(=O)CCC(=O)NCc1ccco1)C[C@@H](C)O2. The van der Waals surface area contributed by atoms with Crippen LogP contribution in [0.25, 0.3) is 0 Å². The van der Waals surface area contributed by atoms with Crippen LogP contribution in [0, 0.1) is 6.92 Å². The lowest BCUT2D eigenvalue weighted by Crippen LogP contribution is -2.42. The number of carbonyl (C=O) groups is 2. The van der Waals surface area contributed by atoms with Crippen molar-refractivity contribution in [1.29, 1.82) is 0 Å². The molecule has 1 atom stereocenters. The van der Waals surface area contributed by atoms with Crippen LogP contribution in [0.3, 0.4) is 0 Å². The van der Waals surface area contributed by atoms with Crippen molar-refractivity contribution < 1.29 is 18.7 Å². The van der Waals surface area contributed by atoms with Crippen LogP contribution in [0.4, 0.5) is 5.69 Å². The molecule has 6 heteroatoms. The van der Waals surface area contributed by atoms with Crippen LogP contribution in [0.1, 0.15) is 31.1 Å². The lowest BCUT2D eigenvalue weighted by Gasteiger charge is -2.33. The van der Waals surface area contributed by atoms with Crippen molar-refractivity contribution >= 4 is 17.5 Å². The molecule has 1 aromatic carbocycles. The highest BCUT2D eigenvalue weighted by molar-refractivity contribution is 5.97.